The monoisotopic (exact) mass is 299 g/mol. The highest BCUT2D eigenvalue weighted by atomic mass is 35.5. The van der Waals surface area contributed by atoms with Crippen molar-refractivity contribution >= 4 is 28.9 Å². The van der Waals surface area contributed by atoms with Gasteiger partial charge in [-0.05, 0) is 26.0 Å². The van der Waals surface area contributed by atoms with Gasteiger partial charge in [-0.25, -0.2) is 0 Å². The van der Waals surface area contributed by atoms with Crippen LogP contribution in [0.3, 0.4) is 0 Å². The number of benzene rings is 1. The normalized spacial score (nSPS) is 12.4. The maximum atomic E-state index is 10.8. The van der Waals surface area contributed by atoms with E-state index in [0.29, 0.717) is 21.3 Å². The third-order valence-electron chi connectivity index (χ3n) is 3.00. The van der Waals surface area contributed by atoms with Crippen LogP contribution in [0.25, 0.3) is 0 Å². The van der Waals surface area contributed by atoms with Gasteiger partial charge in [0.2, 0.25) is 0 Å². The molecule has 1 heterocycles. The van der Waals surface area contributed by atoms with Gasteiger partial charge in [-0.15, -0.1) is 0 Å². The molecule has 0 fully saturated rings. The van der Waals surface area contributed by atoms with Crippen molar-refractivity contribution in [1.29, 1.82) is 0 Å². The van der Waals surface area contributed by atoms with E-state index in [0.717, 1.165) is 0 Å². The lowest BCUT2D eigenvalue weighted by atomic mass is 10.1. The van der Waals surface area contributed by atoms with E-state index in [1.54, 1.807) is 29.8 Å². The van der Waals surface area contributed by atoms with Gasteiger partial charge in [0.1, 0.15) is 11.9 Å². The lowest BCUT2D eigenvalue weighted by molar-refractivity contribution is -0.385. The first-order valence-corrected chi connectivity index (χ1v) is 6.31. The maximum Gasteiger partial charge on any atom is 0.309 e. The van der Waals surface area contributed by atoms with Gasteiger partial charge in [0.15, 0.2) is 0 Å². The molecule has 0 N–H and O–H groups in total. The quantitative estimate of drug-likeness (QED) is 0.635. The molecule has 0 saturated carbocycles. The van der Waals surface area contributed by atoms with Crippen molar-refractivity contribution in [2.75, 3.05) is 0 Å². The van der Waals surface area contributed by atoms with Gasteiger partial charge in [0.25, 0.3) is 0 Å². The van der Waals surface area contributed by atoms with Gasteiger partial charge in [0.05, 0.1) is 11.0 Å². The van der Waals surface area contributed by atoms with Crippen LogP contribution < -0.4 is 0 Å². The van der Waals surface area contributed by atoms with E-state index in [1.807, 2.05) is 6.92 Å². The molecule has 19 heavy (non-hydrogen) atoms. The van der Waals surface area contributed by atoms with Gasteiger partial charge in [-0.3, -0.25) is 14.8 Å². The zero-order chi connectivity index (χ0) is 14.2. The van der Waals surface area contributed by atoms with E-state index in [-0.39, 0.29) is 11.7 Å². The second-order valence-electron chi connectivity index (χ2n) is 4.13. The Kier molecular flexibility index (Phi) is 3.78. The molecule has 2 aromatic rings. The summed E-state index contributed by atoms with van der Waals surface area (Å²) in [4.78, 5) is 10.4. The molecule has 0 spiro atoms. The summed E-state index contributed by atoms with van der Waals surface area (Å²) in [7, 11) is 0. The molecule has 0 aliphatic rings. The fourth-order valence-corrected chi connectivity index (χ4v) is 2.73. The Morgan fingerprint density at radius 1 is 1.37 bits per heavy atom. The van der Waals surface area contributed by atoms with E-state index in [2.05, 4.69) is 5.10 Å². The molecule has 0 aliphatic carbocycles. The number of rotatable bonds is 3. The summed E-state index contributed by atoms with van der Waals surface area (Å²) in [5.74, 6) is 0. The number of aromatic nitrogens is 2. The standard InChI is InChI=1S/C12H11Cl2N3O2/c1-7-11(17(18)19)6-15-16(7)8(2)12-9(13)4-3-5-10(12)14/h3-6,8H,1-2H3. The highest BCUT2D eigenvalue weighted by Gasteiger charge is 2.23. The molecule has 7 heteroatoms. The van der Waals surface area contributed by atoms with E-state index in [1.165, 1.54) is 6.20 Å². The fraction of sp³-hybridized carbons (Fsp3) is 0.250. The lowest BCUT2D eigenvalue weighted by Gasteiger charge is -2.17. The first-order valence-electron chi connectivity index (χ1n) is 5.56. The van der Waals surface area contributed by atoms with Crippen molar-refractivity contribution in [2.24, 2.45) is 0 Å². The maximum absolute atomic E-state index is 10.8. The van der Waals surface area contributed by atoms with Crippen LogP contribution in [0.2, 0.25) is 10.0 Å². The van der Waals surface area contributed by atoms with E-state index < -0.39 is 4.92 Å². The Balaban J connectivity index is 2.51. The largest absolute Gasteiger partial charge is 0.309 e. The molecule has 1 aromatic carbocycles. The van der Waals surface area contributed by atoms with Gasteiger partial charge >= 0.3 is 5.69 Å². The third kappa shape index (κ3) is 2.43. The van der Waals surface area contributed by atoms with Crippen molar-refractivity contribution in [3.63, 3.8) is 0 Å². The Morgan fingerprint density at radius 2 is 1.95 bits per heavy atom. The van der Waals surface area contributed by atoms with Crippen molar-refractivity contribution in [1.82, 2.24) is 9.78 Å². The minimum Gasteiger partial charge on any atom is -0.258 e. The molecule has 1 atom stereocenters. The van der Waals surface area contributed by atoms with Crippen LogP contribution in [0.4, 0.5) is 5.69 Å². The number of halogens is 2. The molecule has 2 rings (SSSR count). The molecule has 5 nitrogen and oxygen atoms in total. The van der Waals surface area contributed by atoms with Crippen molar-refractivity contribution in [2.45, 2.75) is 19.9 Å². The zero-order valence-corrected chi connectivity index (χ0v) is 11.8. The van der Waals surface area contributed by atoms with Crippen molar-refractivity contribution in [3.8, 4) is 0 Å². The van der Waals surface area contributed by atoms with Crippen LogP contribution >= 0.6 is 23.2 Å². The molecule has 0 bridgehead atoms. The summed E-state index contributed by atoms with van der Waals surface area (Å²) < 4.78 is 1.55. The van der Waals surface area contributed by atoms with Crippen LogP contribution in [-0.2, 0) is 0 Å². The number of nitrogens with zero attached hydrogens (tertiary/aromatic N) is 3. The van der Waals surface area contributed by atoms with Crippen LogP contribution in [0.1, 0.15) is 24.2 Å². The third-order valence-corrected chi connectivity index (χ3v) is 3.66. The molecule has 1 unspecified atom stereocenters. The Morgan fingerprint density at radius 3 is 2.42 bits per heavy atom. The first kappa shape index (κ1) is 13.8. The predicted octanol–water partition coefficient (Wildman–Crippen LogP) is 4.02. The molecular formula is C12H11Cl2N3O2. The van der Waals surface area contributed by atoms with Crippen LogP contribution in [0, 0.1) is 17.0 Å². The summed E-state index contributed by atoms with van der Waals surface area (Å²) in [5, 5.41) is 15.9. The summed E-state index contributed by atoms with van der Waals surface area (Å²) in [5.41, 5.74) is 1.15. The number of hydrogen-bond donors (Lipinski definition) is 0. The van der Waals surface area contributed by atoms with Crippen LogP contribution in [-0.4, -0.2) is 14.7 Å². The SMILES string of the molecule is Cc1c([N+](=O)[O-])cnn1C(C)c1c(Cl)cccc1Cl. The van der Waals surface area contributed by atoms with Crippen molar-refractivity contribution < 1.29 is 4.92 Å². The van der Waals surface area contributed by atoms with E-state index in [9.17, 15) is 10.1 Å². The second-order valence-corrected chi connectivity index (χ2v) is 4.94. The van der Waals surface area contributed by atoms with Gasteiger partial charge < -0.3 is 0 Å². The average molecular weight is 300 g/mol. The summed E-state index contributed by atoms with van der Waals surface area (Å²) in [6, 6.07) is 4.92. The second kappa shape index (κ2) is 5.19. The topological polar surface area (TPSA) is 61.0 Å². The van der Waals surface area contributed by atoms with Gasteiger partial charge in [0, 0.05) is 15.6 Å². The Hall–Kier alpha value is -1.59. The molecule has 1 aromatic heterocycles. The first-order chi connectivity index (χ1) is 8.93. The number of hydrogen-bond acceptors (Lipinski definition) is 3. The summed E-state index contributed by atoms with van der Waals surface area (Å²) >= 11 is 12.3. The highest BCUT2D eigenvalue weighted by molar-refractivity contribution is 6.36. The molecular weight excluding hydrogens is 289 g/mol. The van der Waals surface area contributed by atoms with Gasteiger partial charge in [-0.2, -0.15) is 5.10 Å². The van der Waals surface area contributed by atoms with Crippen LogP contribution in [0.15, 0.2) is 24.4 Å². The van der Waals surface area contributed by atoms with Gasteiger partial charge in [-0.1, -0.05) is 29.3 Å². The van der Waals surface area contributed by atoms with E-state index in [4.69, 9.17) is 23.2 Å². The van der Waals surface area contributed by atoms with Crippen molar-refractivity contribution in [3.05, 3.63) is 55.8 Å². The molecule has 100 valence electrons. The highest BCUT2D eigenvalue weighted by Crippen LogP contribution is 2.33. The summed E-state index contributed by atoms with van der Waals surface area (Å²) in [6.45, 7) is 3.49. The average Bonchev–Trinajstić information content (AvgIpc) is 2.70. The van der Waals surface area contributed by atoms with E-state index >= 15 is 0 Å². The minimum atomic E-state index is -0.459. The smallest absolute Gasteiger partial charge is 0.258 e. The fourth-order valence-electron chi connectivity index (χ4n) is 2.02. The summed E-state index contributed by atoms with van der Waals surface area (Å²) in [6.07, 6.45) is 1.23. The minimum absolute atomic E-state index is 0.0185. The molecule has 0 radical (unpaired) electrons. The molecule has 0 aliphatic heterocycles. The predicted molar refractivity (Wildman–Crippen MR) is 73.9 cm³/mol. The lowest BCUT2D eigenvalue weighted by Crippen LogP contribution is -2.11. The Bertz CT molecular complexity index is 620. The molecule has 0 saturated heterocycles. The Labute approximate surface area is 119 Å². The zero-order valence-electron chi connectivity index (χ0n) is 10.3. The van der Waals surface area contributed by atoms with Crippen LogP contribution in [0.5, 0.6) is 0 Å². The number of nitro groups is 1. The molecule has 0 amide bonds.